The average molecular weight is 530 g/mol. The molecule has 1 aliphatic rings. The number of rotatable bonds is 8. The normalized spacial score (nSPS) is 13.4. The van der Waals surface area contributed by atoms with Gasteiger partial charge in [0.05, 0.1) is 17.6 Å². The highest BCUT2D eigenvalue weighted by Crippen LogP contribution is 2.30. The molecule has 0 spiro atoms. The van der Waals surface area contributed by atoms with Crippen molar-refractivity contribution in [1.82, 2.24) is 24.6 Å². The zero-order valence-electron chi connectivity index (χ0n) is 21.7. The van der Waals surface area contributed by atoms with E-state index in [1.54, 1.807) is 0 Å². The molecule has 2 aromatic carbocycles. The maximum absolute atomic E-state index is 12.4. The largest absolute Gasteiger partial charge is 0.465 e. The van der Waals surface area contributed by atoms with E-state index in [2.05, 4.69) is 10.3 Å². The van der Waals surface area contributed by atoms with Crippen LogP contribution in [0.5, 0.6) is 0 Å². The van der Waals surface area contributed by atoms with Crippen LogP contribution in [-0.4, -0.2) is 60.3 Å². The molecule has 0 bridgehead atoms. The second kappa shape index (κ2) is 10.5. The van der Waals surface area contributed by atoms with Crippen LogP contribution < -0.4 is 5.32 Å². The SMILES string of the molecule is CC(C)(C)N(CCSc1nc(-c2ccccc2)cn2c(-c3ccc(C(=O)NC4CC4)cc3)cnc12)C(=O)O. The second-order valence-electron chi connectivity index (χ2n) is 10.4. The Morgan fingerprint density at radius 2 is 1.79 bits per heavy atom. The molecular weight excluding hydrogens is 498 g/mol. The summed E-state index contributed by atoms with van der Waals surface area (Å²) in [6.45, 7) is 6.03. The number of fused-ring (bicyclic) bond motifs is 1. The minimum atomic E-state index is -0.938. The molecule has 1 aliphatic carbocycles. The molecule has 1 saturated carbocycles. The Labute approximate surface area is 226 Å². The maximum Gasteiger partial charge on any atom is 0.407 e. The summed E-state index contributed by atoms with van der Waals surface area (Å²) in [5.41, 5.74) is 4.44. The van der Waals surface area contributed by atoms with Gasteiger partial charge in [-0.25, -0.2) is 14.8 Å². The van der Waals surface area contributed by atoms with Crippen molar-refractivity contribution in [2.24, 2.45) is 0 Å². The Morgan fingerprint density at radius 1 is 1.08 bits per heavy atom. The van der Waals surface area contributed by atoms with Crippen LogP contribution >= 0.6 is 11.8 Å². The summed E-state index contributed by atoms with van der Waals surface area (Å²) in [6, 6.07) is 17.8. The van der Waals surface area contributed by atoms with Gasteiger partial charge in [0.25, 0.3) is 5.91 Å². The number of amides is 2. The molecule has 2 heterocycles. The van der Waals surface area contributed by atoms with Crippen LogP contribution in [0.15, 0.2) is 72.0 Å². The summed E-state index contributed by atoms with van der Waals surface area (Å²) in [5.74, 6) is 0.495. The fourth-order valence-corrected chi connectivity index (χ4v) is 5.17. The lowest BCUT2D eigenvalue weighted by Crippen LogP contribution is -2.46. The zero-order chi connectivity index (χ0) is 26.9. The van der Waals surface area contributed by atoms with Gasteiger partial charge in [0.15, 0.2) is 5.65 Å². The van der Waals surface area contributed by atoms with E-state index in [0.29, 0.717) is 29.6 Å². The van der Waals surface area contributed by atoms with Crippen molar-refractivity contribution in [2.45, 2.75) is 50.2 Å². The van der Waals surface area contributed by atoms with E-state index in [9.17, 15) is 14.7 Å². The van der Waals surface area contributed by atoms with E-state index >= 15 is 0 Å². The van der Waals surface area contributed by atoms with Crippen LogP contribution in [0, 0.1) is 0 Å². The van der Waals surface area contributed by atoms with Gasteiger partial charge in [-0.15, -0.1) is 11.8 Å². The van der Waals surface area contributed by atoms with Gasteiger partial charge in [-0.3, -0.25) is 9.20 Å². The number of benzene rings is 2. The van der Waals surface area contributed by atoms with Crippen LogP contribution in [0.25, 0.3) is 28.2 Å². The number of carbonyl (C=O) groups is 2. The molecule has 9 heteroatoms. The minimum absolute atomic E-state index is 0.0443. The predicted octanol–water partition coefficient (Wildman–Crippen LogP) is 5.83. The summed E-state index contributed by atoms with van der Waals surface area (Å²) in [7, 11) is 0. The molecule has 2 aromatic heterocycles. The average Bonchev–Trinajstić information content (AvgIpc) is 3.60. The summed E-state index contributed by atoms with van der Waals surface area (Å²) in [5, 5.41) is 13.4. The van der Waals surface area contributed by atoms with Crippen LogP contribution in [0.4, 0.5) is 4.79 Å². The van der Waals surface area contributed by atoms with Gasteiger partial charge in [0, 0.05) is 46.8 Å². The molecule has 0 saturated heterocycles. The number of nitrogens with zero attached hydrogens (tertiary/aromatic N) is 4. The molecule has 4 aromatic rings. The quantitative estimate of drug-likeness (QED) is 0.279. The third kappa shape index (κ3) is 5.67. The molecule has 8 nitrogen and oxygen atoms in total. The van der Waals surface area contributed by atoms with E-state index < -0.39 is 11.6 Å². The Morgan fingerprint density at radius 3 is 2.42 bits per heavy atom. The number of hydrogen-bond donors (Lipinski definition) is 2. The second-order valence-corrected chi connectivity index (χ2v) is 11.5. The summed E-state index contributed by atoms with van der Waals surface area (Å²) >= 11 is 1.49. The molecular formula is C29H31N5O3S. The highest BCUT2D eigenvalue weighted by molar-refractivity contribution is 7.99. The van der Waals surface area contributed by atoms with E-state index in [0.717, 1.165) is 40.4 Å². The van der Waals surface area contributed by atoms with Gasteiger partial charge in [-0.2, -0.15) is 0 Å². The first-order valence-corrected chi connectivity index (χ1v) is 13.7. The third-order valence-electron chi connectivity index (χ3n) is 6.48. The number of carbonyl (C=O) groups excluding carboxylic acids is 1. The number of nitrogens with one attached hydrogen (secondary N) is 1. The number of hydrogen-bond acceptors (Lipinski definition) is 5. The predicted molar refractivity (Wildman–Crippen MR) is 150 cm³/mol. The zero-order valence-corrected chi connectivity index (χ0v) is 22.5. The Kier molecular flexibility index (Phi) is 7.12. The summed E-state index contributed by atoms with van der Waals surface area (Å²) in [6.07, 6.45) is 4.95. The topological polar surface area (TPSA) is 99.8 Å². The van der Waals surface area contributed by atoms with Crippen molar-refractivity contribution in [2.75, 3.05) is 12.3 Å². The lowest BCUT2D eigenvalue weighted by molar-refractivity contribution is 0.0950. The Bertz CT molecular complexity index is 1460. The molecule has 1 fully saturated rings. The molecule has 0 aliphatic heterocycles. The van der Waals surface area contributed by atoms with E-state index in [4.69, 9.17) is 4.98 Å². The van der Waals surface area contributed by atoms with Gasteiger partial charge >= 0.3 is 6.09 Å². The van der Waals surface area contributed by atoms with E-state index in [1.807, 2.05) is 92.2 Å². The molecule has 196 valence electrons. The van der Waals surface area contributed by atoms with Gasteiger partial charge in [-0.05, 0) is 45.7 Å². The highest BCUT2D eigenvalue weighted by Gasteiger charge is 2.26. The molecule has 5 rings (SSSR count). The van der Waals surface area contributed by atoms with Crippen molar-refractivity contribution >= 4 is 29.4 Å². The maximum atomic E-state index is 12.4. The molecule has 0 unspecified atom stereocenters. The highest BCUT2D eigenvalue weighted by atomic mass is 32.2. The lowest BCUT2D eigenvalue weighted by Gasteiger charge is -2.33. The first-order chi connectivity index (χ1) is 18.2. The minimum Gasteiger partial charge on any atom is -0.465 e. The van der Waals surface area contributed by atoms with Crippen molar-refractivity contribution in [3.63, 3.8) is 0 Å². The Balaban J connectivity index is 1.47. The van der Waals surface area contributed by atoms with Gasteiger partial charge < -0.3 is 15.3 Å². The van der Waals surface area contributed by atoms with Crippen LogP contribution in [-0.2, 0) is 0 Å². The Hall–Kier alpha value is -3.85. The van der Waals surface area contributed by atoms with Crippen molar-refractivity contribution in [1.29, 1.82) is 0 Å². The fraction of sp³-hybridized carbons (Fsp3) is 0.310. The molecule has 2 amide bonds. The fourth-order valence-electron chi connectivity index (χ4n) is 4.26. The van der Waals surface area contributed by atoms with Gasteiger partial charge in [-0.1, -0.05) is 42.5 Å². The standard InChI is InChI=1S/C29H31N5O3S/c1-29(2,3)34(28(36)37)15-16-38-27-25-30-17-24(33(25)18-23(32-27)19-7-5-4-6-8-19)20-9-11-21(12-10-20)26(35)31-22-13-14-22/h4-12,17-18,22H,13-16H2,1-3H3,(H,31,35)(H,36,37). The molecule has 2 N–H and O–H groups in total. The van der Waals surface area contributed by atoms with E-state index in [-0.39, 0.29) is 5.91 Å². The first-order valence-electron chi connectivity index (χ1n) is 12.7. The number of aromatic nitrogens is 3. The molecule has 0 atom stereocenters. The first kappa shape index (κ1) is 25.8. The van der Waals surface area contributed by atoms with Crippen molar-refractivity contribution < 1.29 is 14.7 Å². The smallest absolute Gasteiger partial charge is 0.407 e. The monoisotopic (exact) mass is 529 g/mol. The number of thioether (sulfide) groups is 1. The van der Waals surface area contributed by atoms with Crippen LogP contribution in [0.1, 0.15) is 44.0 Å². The summed E-state index contributed by atoms with van der Waals surface area (Å²) in [4.78, 5) is 35.2. The van der Waals surface area contributed by atoms with Crippen LogP contribution in [0.2, 0.25) is 0 Å². The summed E-state index contributed by atoms with van der Waals surface area (Å²) < 4.78 is 2.02. The van der Waals surface area contributed by atoms with Crippen molar-refractivity contribution in [3.8, 4) is 22.5 Å². The third-order valence-corrected chi connectivity index (χ3v) is 7.41. The van der Waals surface area contributed by atoms with E-state index in [1.165, 1.54) is 16.7 Å². The number of imidazole rings is 1. The van der Waals surface area contributed by atoms with Gasteiger partial charge in [0.2, 0.25) is 0 Å². The lowest BCUT2D eigenvalue weighted by atomic mass is 10.1. The van der Waals surface area contributed by atoms with Crippen molar-refractivity contribution in [3.05, 3.63) is 72.6 Å². The molecule has 0 radical (unpaired) electrons. The van der Waals surface area contributed by atoms with Gasteiger partial charge in [0.1, 0.15) is 5.03 Å². The van der Waals surface area contributed by atoms with Crippen LogP contribution in [0.3, 0.4) is 0 Å². The molecule has 38 heavy (non-hydrogen) atoms. The number of carboxylic acid groups (broad SMARTS) is 1.